The van der Waals surface area contributed by atoms with E-state index in [9.17, 15) is 0 Å². The Morgan fingerprint density at radius 1 is 1.41 bits per heavy atom. The van der Waals surface area contributed by atoms with Crippen LogP contribution in [0.3, 0.4) is 0 Å². The summed E-state index contributed by atoms with van der Waals surface area (Å²) in [4.78, 5) is 0. The molecular weight excluding hydrogens is 212 g/mol. The fourth-order valence-corrected chi connectivity index (χ4v) is 3.59. The molecule has 0 radical (unpaired) electrons. The topological polar surface area (TPSA) is 47.3 Å². The van der Waals surface area contributed by atoms with Gasteiger partial charge in [0.15, 0.2) is 0 Å². The standard InChI is InChI=1S/C14H28N2O/c1-10(2)8-16-9-14(15)11-6-5-7-17-12(11)13(14,3)4/h10-12,16H,5-9,15H2,1-4H3. The van der Waals surface area contributed by atoms with E-state index in [1.54, 1.807) is 0 Å². The van der Waals surface area contributed by atoms with Crippen molar-refractivity contribution < 1.29 is 4.74 Å². The average molecular weight is 240 g/mol. The number of hydrogen-bond acceptors (Lipinski definition) is 3. The molecule has 1 saturated carbocycles. The minimum atomic E-state index is -0.0903. The lowest BCUT2D eigenvalue weighted by Crippen LogP contribution is -2.80. The fraction of sp³-hybridized carbons (Fsp3) is 1.00. The Morgan fingerprint density at radius 2 is 2.12 bits per heavy atom. The second kappa shape index (κ2) is 4.52. The maximum absolute atomic E-state index is 6.68. The van der Waals surface area contributed by atoms with Crippen molar-refractivity contribution in [3.8, 4) is 0 Å². The summed E-state index contributed by atoms with van der Waals surface area (Å²) in [6, 6.07) is 0. The van der Waals surface area contributed by atoms with Crippen LogP contribution in [0.2, 0.25) is 0 Å². The summed E-state index contributed by atoms with van der Waals surface area (Å²) in [5.74, 6) is 1.23. The minimum absolute atomic E-state index is 0.0903. The van der Waals surface area contributed by atoms with Crippen LogP contribution in [0.25, 0.3) is 0 Å². The van der Waals surface area contributed by atoms with E-state index in [1.165, 1.54) is 12.8 Å². The zero-order chi connectivity index (χ0) is 12.7. The van der Waals surface area contributed by atoms with Crippen LogP contribution in [0.4, 0.5) is 0 Å². The first-order valence-corrected chi connectivity index (χ1v) is 7.01. The largest absolute Gasteiger partial charge is 0.377 e. The highest BCUT2D eigenvalue weighted by atomic mass is 16.5. The van der Waals surface area contributed by atoms with Crippen molar-refractivity contribution in [3.63, 3.8) is 0 Å². The minimum Gasteiger partial charge on any atom is -0.377 e. The van der Waals surface area contributed by atoms with Gasteiger partial charge in [0, 0.05) is 30.0 Å². The number of nitrogens with one attached hydrogen (secondary N) is 1. The predicted molar refractivity (Wildman–Crippen MR) is 70.9 cm³/mol. The Balaban J connectivity index is 1.97. The van der Waals surface area contributed by atoms with E-state index in [0.717, 1.165) is 19.7 Å². The molecule has 0 bridgehead atoms. The monoisotopic (exact) mass is 240 g/mol. The van der Waals surface area contributed by atoms with Crippen LogP contribution < -0.4 is 11.1 Å². The second-order valence-corrected chi connectivity index (χ2v) is 6.83. The molecule has 0 spiro atoms. The summed E-state index contributed by atoms with van der Waals surface area (Å²) in [7, 11) is 0. The van der Waals surface area contributed by atoms with E-state index in [0.29, 0.717) is 17.9 Å². The lowest BCUT2D eigenvalue weighted by atomic mass is 9.46. The molecule has 3 heteroatoms. The molecule has 17 heavy (non-hydrogen) atoms. The van der Waals surface area contributed by atoms with Gasteiger partial charge in [-0.3, -0.25) is 0 Å². The molecular formula is C14H28N2O. The molecule has 2 aliphatic rings. The van der Waals surface area contributed by atoms with E-state index in [1.807, 2.05) is 0 Å². The molecule has 1 heterocycles. The number of hydrogen-bond donors (Lipinski definition) is 2. The van der Waals surface area contributed by atoms with E-state index < -0.39 is 0 Å². The van der Waals surface area contributed by atoms with Crippen LogP contribution in [0.15, 0.2) is 0 Å². The van der Waals surface area contributed by atoms with Gasteiger partial charge < -0.3 is 15.8 Å². The quantitative estimate of drug-likeness (QED) is 0.787. The van der Waals surface area contributed by atoms with Gasteiger partial charge in [0.05, 0.1) is 6.10 Å². The first-order valence-electron chi connectivity index (χ1n) is 7.01. The molecule has 2 fully saturated rings. The molecule has 100 valence electrons. The van der Waals surface area contributed by atoms with Gasteiger partial charge in [-0.25, -0.2) is 0 Å². The van der Waals surface area contributed by atoms with Crippen molar-refractivity contribution in [1.29, 1.82) is 0 Å². The first-order chi connectivity index (χ1) is 7.89. The summed E-state index contributed by atoms with van der Waals surface area (Å²) < 4.78 is 5.91. The maximum Gasteiger partial charge on any atom is 0.0690 e. The molecule has 3 N–H and O–H groups in total. The Morgan fingerprint density at radius 3 is 2.76 bits per heavy atom. The highest BCUT2D eigenvalue weighted by molar-refractivity contribution is 5.20. The Labute approximate surface area is 105 Å². The van der Waals surface area contributed by atoms with Crippen LogP contribution in [-0.2, 0) is 4.74 Å². The van der Waals surface area contributed by atoms with Crippen LogP contribution >= 0.6 is 0 Å². The normalized spacial score (nSPS) is 39.9. The molecule has 0 aromatic heterocycles. The molecule has 1 aliphatic carbocycles. The number of rotatable bonds is 4. The molecule has 3 unspecified atom stereocenters. The Kier molecular flexibility index (Phi) is 3.54. The van der Waals surface area contributed by atoms with Gasteiger partial charge in [-0.05, 0) is 25.3 Å². The second-order valence-electron chi connectivity index (χ2n) is 6.83. The van der Waals surface area contributed by atoms with Gasteiger partial charge in [-0.15, -0.1) is 0 Å². The van der Waals surface area contributed by atoms with Gasteiger partial charge >= 0.3 is 0 Å². The fourth-order valence-electron chi connectivity index (χ4n) is 3.59. The van der Waals surface area contributed by atoms with Crippen LogP contribution in [-0.4, -0.2) is 31.3 Å². The van der Waals surface area contributed by atoms with Gasteiger partial charge in [0.25, 0.3) is 0 Å². The molecule has 0 aromatic carbocycles. The van der Waals surface area contributed by atoms with Crippen LogP contribution in [0.5, 0.6) is 0 Å². The van der Waals surface area contributed by atoms with Crippen molar-refractivity contribution in [2.75, 3.05) is 19.7 Å². The third kappa shape index (κ3) is 2.02. The van der Waals surface area contributed by atoms with E-state index in [-0.39, 0.29) is 11.0 Å². The summed E-state index contributed by atoms with van der Waals surface area (Å²) in [6.45, 7) is 11.9. The van der Waals surface area contributed by atoms with Gasteiger partial charge in [-0.2, -0.15) is 0 Å². The SMILES string of the molecule is CC(C)CNCC1(N)C2CCCOC2C1(C)C. The number of nitrogens with two attached hydrogens (primary N) is 1. The first kappa shape index (κ1) is 13.3. The van der Waals surface area contributed by atoms with E-state index in [2.05, 4.69) is 33.0 Å². The van der Waals surface area contributed by atoms with Gasteiger partial charge in [0.1, 0.15) is 0 Å². The van der Waals surface area contributed by atoms with Crippen molar-refractivity contribution >= 4 is 0 Å². The lowest BCUT2D eigenvalue weighted by Gasteiger charge is -2.66. The van der Waals surface area contributed by atoms with E-state index >= 15 is 0 Å². The van der Waals surface area contributed by atoms with Crippen molar-refractivity contribution in [2.24, 2.45) is 23.0 Å². The summed E-state index contributed by atoms with van der Waals surface area (Å²) >= 11 is 0. The number of fused-ring (bicyclic) bond motifs is 1. The van der Waals surface area contributed by atoms with Crippen molar-refractivity contribution in [2.45, 2.75) is 52.2 Å². The summed E-state index contributed by atoms with van der Waals surface area (Å²) in [6.07, 6.45) is 2.77. The predicted octanol–water partition coefficient (Wildman–Crippen LogP) is 1.76. The average Bonchev–Trinajstić information content (AvgIpc) is 2.28. The highest BCUT2D eigenvalue weighted by Gasteiger charge is 2.65. The molecule has 0 amide bonds. The van der Waals surface area contributed by atoms with Gasteiger partial charge in [-0.1, -0.05) is 27.7 Å². The molecule has 3 nitrogen and oxygen atoms in total. The summed E-state index contributed by atoms with van der Waals surface area (Å²) in [5, 5.41) is 3.54. The smallest absolute Gasteiger partial charge is 0.0690 e. The zero-order valence-electron chi connectivity index (χ0n) is 11.8. The van der Waals surface area contributed by atoms with Crippen molar-refractivity contribution in [3.05, 3.63) is 0 Å². The van der Waals surface area contributed by atoms with Gasteiger partial charge in [0.2, 0.25) is 0 Å². The summed E-state index contributed by atoms with van der Waals surface area (Å²) in [5.41, 5.74) is 6.69. The van der Waals surface area contributed by atoms with Crippen LogP contribution in [0, 0.1) is 17.3 Å². The molecule has 3 atom stereocenters. The molecule has 1 aliphatic heterocycles. The van der Waals surface area contributed by atoms with Crippen LogP contribution in [0.1, 0.15) is 40.5 Å². The number of ether oxygens (including phenoxy) is 1. The maximum atomic E-state index is 6.68. The molecule has 1 saturated heterocycles. The van der Waals surface area contributed by atoms with E-state index in [4.69, 9.17) is 10.5 Å². The highest BCUT2D eigenvalue weighted by Crippen LogP contribution is 2.56. The third-order valence-corrected chi connectivity index (χ3v) is 4.87. The molecule has 2 rings (SSSR count). The Hall–Kier alpha value is -0.120. The lowest BCUT2D eigenvalue weighted by molar-refractivity contribution is -0.225. The molecule has 0 aromatic rings. The van der Waals surface area contributed by atoms with Crippen molar-refractivity contribution in [1.82, 2.24) is 5.32 Å². The Bertz CT molecular complexity index is 277. The third-order valence-electron chi connectivity index (χ3n) is 4.87. The zero-order valence-corrected chi connectivity index (χ0v) is 11.8.